The molecule has 0 unspecified atom stereocenters. The normalized spacial score (nSPS) is 11.1. The van der Waals surface area contributed by atoms with E-state index < -0.39 is 0 Å². The third-order valence-corrected chi connectivity index (χ3v) is 6.80. The summed E-state index contributed by atoms with van der Waals surface area (Å²) in [6.45, 7) is 4.81. The summed E-state index contributed by atoms with van der Waals surface area (Å²) in [5, 5.41) is 6.65. The number of aromatic nitrogens is 3. The SMILES string of the molecule is Cc1nc(-c2ccc(CCNC(=O)CCn3cnc4c(C)cccc4c3=O)s2)cs1. The maximum Gasteiger partial charge on any atom is 0.261 e. The topological polar surface area (TPSA) is 76.9 Å². The Kier molecular flexibility index (Phi) is 6.06. The summed E-state index contributed by atoms with van der Waals surface area (Å²) in [6, 6.07) is 9.72. The number of hydrogen-bond acceptors (Lipinski definition) is 6. The van der Waals surface area contributed by atoms with Crippen LogP contribution in [0.5, 0.6) is 0 Å². The predicted molar refractivity (Wildman–Crippen MR) is 122 cm³/mol. The fraction of sp³-hybridized carbons (Fsp3) is 0.273. The molecule has 8 heteroatoms. The van der Waals surface area contributed by atoms with Crippen LogP contribution < -0.4 is 10.9 Å². The Labute approximate surface area is 182 Å². The number of rotatable bonds is 7. The molecule has 154 valence electrons. The first kappa shape index (κ1) is 20.4. The first-order valence-electron chi connectivity index (χ1n) is 9.74. The number of carbonyl (C=O) groups is 1. The molecule has 0 saturated heterocycles. The molecule has 0 saturated carbocycles. The van der Waals surface area contributed by atoms with E-state index in [-0.39, 0.29) is 17.9 Å². The van der Waals surface area contributed by atoms with Crippen molar-refractivity contribution in [2.45, 2.75) is 33.2 Å². The largest absolute Gasteiger partial charge is 0.356 e. The van der Waals surface area contributed by atoms with Gasteiger partial charge in [0.05, 0.1) is 32.8 Å². The number of carbonyl (C=O) groups excluding carboxylic acids is 1. The molecule has 4 aromatic rings. The Balaban J connectivity index is 1.29. The number of thiophene rings is 1. The number of nitrogens with zero attached hydrogens (tertiary/aromatic N) is 3. The number of thiazole rings is 1. The first-order valence-corrected chi connectivity index (χ1v) is 11.4. The second-order valence-electron chi connectivity index (χ2n) is 7.08. The second-order valence-corrected chi connectivity index (χ2v) is 9.31. The van der Waals surface area contributed by atoms with Crippen LogP contribution in [0.15, 0.2) is 46.8 Å². The standard InChI is InChI=1S/C22H22N4O2S2/c1-14-4-3-5-17-21(14)24-13-26(22(17)28)11-9-20(27)23-10-8-16-6-7-19(30-16)18-12-29-15(2)25-18/h3-7,12-13H,8-11H2,1-2H3,(H,23,27). The van der Waals surface area contributed by atoms with Crippen LogP contribution in [0, 0.1) is 13.8 Å². The lowest BCUT2D eigenvalue weighted by Crippen LogP contribution is -2.29. The molecule has 1 N–H and O–H groups in total. The predicted octanol–water partition coefficient (Wildman–Crippen LogP) is 3.95. The smallest absolute Gasteiger partial charge is 0.261 e. The van der Waals surface area contributed by atoms with Crippen LogP contribution in [0.4, 0.5) is 0 Å². The molecule has 0 aliphatic heterocycles. The Bertz CT molecular complexity index is 1260. The molecule has 6 nitrogen and oxygen atoms in total. The highest BCUT2D eigenvalue weighted by Gasteiger charge is 2.09. The highest BCUT2D eigenvalue weighted by molar-refractivity contribution is 7.16. The van der Waals surface area contributed by atoms with E-state index in [1.165, 1.54) is 15.8 Å². The van der Waals surface area contributed by atoms with Gasteiger partial charge in [0, 0.05) is 29.8 Å². The van der Waals surface area contributed by atoms with Gasteiger partial charge in [0.25, 0.3) is 5.56 Å². The van der Waals surface area contributed by atoms with Crippen molar-refractivity contribution in [1.29, 1.82) is 0 Å². The van der Waals surface area contributed by atoms with Crippen LogP contribution in [0.2, 0.25) is 0 Å². The van der Waals surface area contributed by atoms with Gasteiger partial charge in [-0.2, -0.15) is 0 Å². The van der Waals surface area contributed by atoms with Gasteiger partial charge in [-0.25, -0.2) is 9.97 Å². The lowest BCUT2D eigenvalue weighted by molar-refractivity contribution is -0.121. The van der Waals surface area contributed by atoms with Crippen molar-refractivity contribution in [2.75, 3.05) is 6.54 Å². The summed E-state index contributed by atoms with van der Waals surface area (Å²) in [4.78, 5) is 36.1. The van der Waals surface area contributed by atoms with Crippen LogP contribution in [-0.2, 0) is 17.8 Å². The van der Waals surface area contributed by atoms with Gasteiger partial charge >= 0.3 is 0 Å². The molecule has 4 rings (SSSR count). The minimum absolute atomic E-state index is 0.0712. The molecule has 30 heavy (non-hydrogen) atoms. The average molecular weight is 439 g/mol. The molecule has 1 amide bonds. The number of nitrogens with one attached hydrogen (secondary N) is 1. The zero-order chi connectivity index (χ0) is 21.1. The van der Waals surface area contributed by atoms with Crippen molar-refractivity contribution in [3.05, 3.63) is 67.8 Å². The van der Waals surface area contributed by atoms with Gasteiger partial charge in [-0.3, -0.25) is 14.2 Å². The van der Waals surface area contributed by atoms with Gasteiger partial charge in [0.2, 0.25) is 5.91 Å². The van der Waals surface area contributed by atoms with E-state index in [9.17, 15) is 9.59 Å². The average Bonchev–Trinajstić information content (AvgIpc) is 3.37. The van der Waals surface area contributed by atoms with Crippen molar-refractivity contribution >= 4 is 39.5 Å². The van der Waals surface area contributed by atoms with Crippen molar-refractivity contribution in [3.63, 3.8) is 0 Å². The summed E-state index contributed by atoms with van der Waals surface area (Å²) in [7, 11) is 0. The van der Waals surface area contributed by atoms with Crippen LogP contribution in [0.3, 0.4) is 0 Å². The molecule has 3 heterocycles. The van der Waals surface area contributed by atoms with Crippen LogP contribution in [0.25, 0.3) is 21.5 Å². The molecular formula is C22H22N4O2S2. The zero-order valence-electron chi connectivity index (χ0n) is 16.8. The van der Waals surface area contributed by atoms with Crippen molar-refractivity contribution in [3.8, 4) is 10.6 Å². The molecule has 0 bridgehead atoms. The summed E-state index contributed by atoms with van der Waals surface area (Å²) in [5.41, 5.74) is 2.59. The Hall–Kier alpha value is -2.84. The fourth-order valence-corrected chi connectivity index (χ4v) is 4.91. The van der Waals surface area contributed by atoms with Crippen molar-refractivity contribution < 1.29 is 4.79 Å². The Morgan fingerprint density at radius 2 is 2.07 bits per heavy atom. The van der Waals surface area contributed by atoms with Crippen LogP contribution in [-0.4, -0.2) is 27.0 Å². The summed E-state index contributed by atoms with van der Waals surface area (Å²) in [6.07, 6.45) is 2.54. The third-order valence-electron chi connectivity index (χ3n) is 4.86. The number of benzene rings is 1. The Morgan fingerprint density at radius 3 is 2.87 bits per heavy atom. The van der Waals surface area contributed by atoms with E-state index in [1.54, 1.807) is 28.7 Å². The molecule has 0 aliphatic rings. The highest BCUT2D eigenvalue weighted by Crippen LogP contribution is 2.29. The van der Waals surface area contributed by atoms with E-state index in [2.05, 4.69) is 32.8 Å². The van der Waals surface area contributed by atoms with Gasteiger partial charge < -0.3 is 5.32 Å². The van der Waals surface area contributed by atoms with E-state index in [4.69, 9.17) is 0 Å². The minimum Gasteiger partial charge on any atom is -0.356 e. The second kappa shape index (κ2) is 8.89. The molecule has 0 aliphatic carbocycles. The molecule has 3 aromatic heterocycles. The third kappa shape index (κ3) is 4.49. The van der Waals surface area contributed by atoms with Gasteiger partial charge in [-0.15, -0.1) is 22.7 Å². The first-order chi connectivity index (χ1) is 14.5. The lowest BCUT2D eigenvalue weighted by atomic mass is 10.1. The number of hydrogen-bond donors (Lipinski definition) is 1. The zero-order valence-corrected chi connectivity index (χ0v) is 18.5. The van der Waals surface area contributed by atoms with Crippen molar-refractivity contribution in [1.82, 2.24) is 19.9 Å². The maximum absolute atomic E-state index is 12.6. The lowest BCUT2D eigenvalue weighted by Gasteiger charge is -2.08. The highest BCUT2D eigenvalue weighted by atomic mass is 32.1. The summed E-state index contributed by atoms with van der Waals surface area (Å²) >= 11 is 3.35. The summed E-state index contributed by atoms with van der Waals surface area (Å²) < 4.78 is 1.50. The van der Waals surface area contributed by atoms with E-state index in [0.29, 0.717) is 24.0 Å². The van der Waals surface area contributed by atoms with Gasteiger partial charge in [-0.05, 0) is 44.0 Å². The van der Waals surface area contributed by atoms with Crippen molar-refractivity contribution in [2.24, 2.45) is 0 Å². The number of para-hydroxylation sites is 1. The van der Waals surface area contributed by atoms with Crippen LogP contribution >= 0.6 is 22.7 Å². The van der Waals surface area contributed by atoms with E-state index >= 15 is 0 Å². The number of fused-ring (bicyclic) bond motifs is 1. The maximum atomic E-state index is 12.6. The molecule has 0 spiro atoms. The van der Waals surface area contributed by atoms with Gasteiger partial charge in [-0.1, -0.05) is 12.1 Å². The minimum atomic E-state index is -0.111. The fourth-order valence-electron chi connectivity index (χ4n) is 3.26. The summed E-state index contributed by atoms with van der Waals surface area (Å²) in [5.74, 6) is -0.0712. The monoisotopic (exact) mass is 438 g/mol. The molecule has 1 aromatic carbocycles. The van der Waals surface area contributed by atoms with Crippen LogP contribution in [0.1, 0.15) is 21.9 Å². The van der Waals surface area contributed by atoms with Gasteiger partial charge in [0.15, 0.2) is 0 Å². The molecule has 0 fully saturated rings. The molecule has 0 atom stereocenters. The Morgan fingerprint density at radius 1 is 1.20 bits per heavy atom. The quantitative estimate of drug-likeness (QED) is 0.474. The number of amides is 1. The number of aryl methyl sites for hydroxylation is 3. The van der Waals surface area contributed by atoms with Gasteiger partial charge in [0.1, 0.15) is 0 Å². The molecule has 0 radical (unpaired) electrons. The van der Waals surface area contributed by atoms with E-state index in [0.717, 1.165) is 27.6 Å². The van der Waals surface area contributed by atoms with E-state index in [1.807, 2.05) is 26.0 Å². The molecular weight excluding hydrogens is 416 g/mol.